The summed E-state index contributed by atoms with van der Waals surface area (Å²) in [6.07, 6.45) is 1.23. The Bertz CT molecular complexity index is 1500. The Hall–Kier alpha value is -3.63. The number of anilines is 1. The van der Waals surface area contributed by atoms with Crippen LogP contribution in [0.2, 0.25) is 0 Å². The molecular formula is C27H29FN4O4S. The highest BCUT2D eigenvalue weighted by Crippen LogP contribution is 2.32. The van der Waals surface area contributed by atoms with Gasteiger partial charge >= 0.3 is 0 Å². The molecule has 1 N–H and O–H groups in total. The molecule has 1 fully saturated rings. The molecular weight excluding hydrogens is 495 g/mol. The predicted octanol–water partition coefficient (Wildman–Crippen LogP) is 4.51. The van der Waals surface area contributed by atoms with Crippen LogP contribution in [0.25, 0.3) is 11.0 Å². The number of nitrogens with zero attached hydrogens (tertiary/aromatic N) is 3. The first-order valence-corrected chi connectivity index (χ1v) is 13.5. The van der Waals surface area contributed by atoms with Crippen molar-refractivity contribution >= 4 is 27.0 Å². The van der Waals surface area contributed by atoms with E-state index >= 15 is 0 Å². The smallest absolute Gasteiger partial charge is 0.246 e. The van der Waals surface area contributed by atoms with Crippen molar-refractivity contribution in [2.24, 2.45) is 0 Å². The molecule has 37 heavy (non-hydrogen) atoms. The lowest BCUT2D eigenvalue weighted by Crippen LogP contribution is -2.42. The first kappa shape index (κ1) is 25.0. The first-order chi connectivity index (χ1) is 17.9. The molecule has 3 aromatic carbocycles. The standard InChI is InChI=1S/C27H29FN4O4S/c1-35-22-11-12-25(36-2)26(17-22)37(33,34)31-15-13-21(14-16-31)29-27-30-23-5-3-4-6-24(23)32(27)18-19-7-9-20(28)10-8-19/h3-12,17,21H,13-16,18H2,1-2H3,(H,29,30). The molecule has 5 rings (SSSR count). The number of hydrogen-bond acceptors (Lipinski definition) is 6. The van der Waals surface area contributed by atoms with Crippen LogP contribution in [0.1, 0.15) is 18.4 Å². The average Bonchev–Trinajstić information content (AvgIpc) is 3.26. The van der Waals surface area contributed by atoms with Crippen LogP contribution in [0.3, 0.4) is 0 Å². The number of methoxy groups -OCH3 is 2. The Kier molecular flexibility index (Phi) is 7.03. The molecule has 1 saturated heterocycles. The van der Waals surface area contributed by atoms with Crippen molar-refractivity contribution in [1.29, 1.82) is 0 Å². The summed E-state index contributed by atoms with van der Waals surface area (Å²) in [5, 5.41) is 3.53. The summed E-state index contributed by atoms with van der Waals surface area (Å²) >= 11 is 0. The summed E-state index contributed by atoms with van der Waals surface area (Å²) in [6, 6.07) is 19.1. The zero-order chi connectivity index (χ0) is 26.0. The van der Waals surface area contributed by atoms with Crippen molar-refractivity contribution in [3.63, 3.8) is 0 Å². The van der Waals surface area contributed by atoms with Crippen LogP contribution in [0.15, 0.2) is 71.6 Å². The maximum atomic E-state index is 13.4. The Balaban J connectivity index is 1.33. The largest absolute Gasteiger partial charge is 0.497 e. The molecule has 1 aliphatic rings. The third kappa shape index (κ3) is 5.12. The molecule has 0 amide bonds. The van der Waals surface area contributed by atoms with Crippen LogP contribution < -0.4 is 14.8 Å². The van der Waals surface area contributed by atoms with Crippen molar-refractivity contribution in [1.82, 2.24) is 13.9 Å². The van der Waals surface area contributed by atoms with E-state index in [1.165, 1.54) is 36.7 Å². The molecule has 0 radical (unpaired) electrons. The third-order valence-corrected chi connectivity index (χ3v) is 8.60. The Morgan fingerprint density at radius 2 is 1.73 bits per heavy atom. The maximum absolute atomic E-state index is 13.4. The molecule has 194 valence electrons. The maximum Gasteiger partial charge on any atom is 0.246 e. The summed E-state index contributed by atoms with van der Waals surface area (Å²) in [6.45, 7) is 1.25. The van der Waals surface area contributed by atoms with Crippen molar-refractivity contribution < 1.29 is 22.3 Å². The van der Waals surface area contributed by atoms with Crippen LogP contribution in [-0.2, 0) is 16.6 Å². The molecule has 10 heteroatoms. The highest BCUT2D eigenvalue weighted by atomic mass is 32.2. The number of rotatable bonds is 8. The number of imidazole rings is 1. The van der Waals surface area contributed by atoms with Gasteiger partial charge in [0.15, 0.2) is 0 Å². The molecule has 0 spiro atoms. The van der Waals surface area contributed by atoms with E-state index in [4.69, 9.17) is 14.5 Å². The second-order valence-corrected chi connectivity index (χ2v) is 10.9. The molecule has 2 heterocycles. The fourth-order valence-corrected chi connectivity index (χ4v) is 6.31. The molecule has 0 aliphatic carbocycles. The van der Waals surface area contributed by atoms with Gasteiger partial charge in [0.2, 0.25) is 16.0 Å². The normalized spacial score (nSPS) is 15.1. The molecule has 0 unspecified atom stereocenters. The number of fused-ring (bicyclic) bond motifs is 1. The van der Waals surface area contributed by atoms with Gasteiger partial charge in [0, 0.05) is 25.2 Å². The van der Waals surface area contributed by atoms with Crippen LogP contribution in [-0.4, -0.2) is 55.6 Å². The van der Waals surface area contributed by atoms with Gasteiger partial charge in [0.1, 0.15) is 22.2 Å². The molecule has 0 bridgehead atoms. The summed E-state index contributed by atoms with van der Waals surface area (Å²) < 4.78 is 54.4. The van der Waals surface area contributed by atoms with Crippen LogP contribution in [0, 0.1) is 5.82 Å². The minimum Gasteiger partial charge on any atom is -0.497 e. The van der Waals surface area contributed by atoms with Gasteiger partial charge in [-0.2, -0.15) is 4.31 Å². The van der Waals surface area contributed by atoms with E-state index in [-0.39, 0.29) is 22.5 Å². The van der Waals surface area contributed by atoms with Crippen LogP contribution >= 0.6 is 0 Å². The SMILES string of the molecule is COc1ccc(OC)c(S(=O)(=O)N2CCC(Nc3nc4ccccc4n3Cc3ccc(F)cc3)CC2)c1. The zero-order valence-electron chi connectivity index (χ0n) is 20.7. The second-order valence-electron chi connectivity index (χ2n) is 8.98. The molecule has 0 atom stereocenters. The van der Waals surface area contributed by atoms with Gasteiger partial charge in [0.25, 0.3) is 0 Å². The van der Waals surface area contributed by atoms with E-state index in [0.717, 1.165) is 16.6 Å². The Morgan fingerprint density at radius 1 is 1.00 bits per heavy atom. The quantitative estimate of drug-likeness (QED) is 0.365. The summed E-state index contributed by atoms with van der Waals surface area (Å²) in [5.74, 6) is 1.18. The van der Waals surface area contributed by atoms with Crippen LogP contribution in [0.5, 0.6) is 11.5 Å². The number of para-hydroxylation sites is 2. The minimum absolute atomic E-state index is 0.0439. The van der Waals surface area contributed by atoms with Gasteiger partial charge in [-0.15, -0.1) is 0 Å². The van der Waals surface area contributed by atoms with Gasteiger partial charge in [-0.1, -0.05) is 24.3 Å². The first-order valence-electron chi connectivity index (χ1n) is 12.1. The number of benzene rings is 3. The number of hydrogen-bond donors (Lipinski definition) is 1. The van der Waals surface area contributed by atoms with E-state index in [0.29, 0.717) is 44.2 Å². The summed E-state index contributed by atoms with van der Waals surface area (Å²) in [4.78, 5) is 4.89. The van der Waals surface area contributed by atoms with Crippen molar-refractivity contribution in [2.45, 2.75) is 30.3 Å². The van der Waals surface area contributed by atoms with Gasteiger partial charge in [0.05, 0.1) is 31.8 Å². The van der Waals surface area contributed by atoms with Crippen molar-refractivity contribution in [2.75, 3.05) is 32.6 Å². The lowest BCUT2D eigenvalue weighted by atomic mass is 10.1. The predicted molar refractivity (Wildman–Crippen MR) is 140 cm³/mol. The lowest BCUT2D eigenvalue weighted by molar-refractivity contribution is 0.325. The molecule has 1 aliphatic heterocycles. The Labute approximate surface area is 215 Å². The van der Waals surface area contributed by atoms with E-state index in [9.17, 15) is 12.8 Å². The van der Waals surface area contributed by atoms with Gasteiger partial charge in [-0.3, -0.25) is 0 Å². The van der Waals surface area contributed by atoms with E-state index in [2.05, 4.69) is 9.88 Å². The number of halogens is 1. The lowest BCUT2D eigenvalue weighted by Gasteiger charge is -2.32. The van der Waals surface area contributed by atoms with Gasteiger partial charge in [-0.05, 0) is 54.8 Å². The number of sulfonamides is 1. The summed E-state index contributed by atoms with van der Waals surface area (Å²) in [5.41, 5.74) is 2.79. The van der Waals surface area contributed by atoms with Crippen molar-refractivity contribution in [3.8, 4) is 11.5 Å². The number of aromatic nitrogens is 2. The minimum atomic E-state index is -3.76. The average molecular weight is 525 g/mol. The molecule has 8 nitrogen and oxygen atoms in total. The van der Waals surface area contributed by atoms with E-state index in [1.54, 1.807) is 24.3 Å². The van der Waals surface area contributed by atoms with E-state index in [1.807, 2.05) is 24.3 Å². The number of nitrogens with one attached hydrogen (secondary N) is 1. The topological polar surface area (TPSA) is 85.7 Å². The van der Waals surface area contributed by atoms with Crippen LogP contribution in [0.4, 0.5) is 10.3 Å². The highest BCUT2D eigenvalue weighted by molar-refractivity contribution is 7.89. The Morgan fingerprint density at radius 3 is 2.43 bits per heavy atom. The zero-order valence-corrected chi connectivity index (χ0v) is 21.5. The summed E-state index contributed by atoms with van der Waals surface area (Å²) in [7, 11) is -0.805. The third-order valence-electron chi connectivity index (χ3n) is 6.68. The van der Waals surface area contributed by atoms with Gasteiger partial charge < -0.3 is 19.4 Å². The highest BCUT2D eigenvalue weighted by Gasteiger charge is 2.32. The number of piperidine rings is 1. The molecule has 4 aromatic rings. The fourth-order valence-electron chi connectivity index (χ4n) is 4.67. The van der Waals surface area contributed by atoms with E-state index < -0.39 is 10.0 Å². The number of ether oxygens (including phenoxy) is 2. The van der Waals surface area contributed by atoms with Crippen molar-refractivity contribution in [3.05, 3.63) is 78.1 Å². The fraction of sp³-hybridized carbons (Fsp3) is 0.296. The molecule has 0 saturated carbocycles. The monoisotopic (exact) mass is 524 g/mol. The second kappa shape index (κ2) is 10.4. The van der Waals surface area contributed by atoms with Gasteiger partial charge in [-0.25, -0.2) is 17.8 Å². The molecule has 1 aromatic heterocycles.